The van der Waals surface area contributed by atoms with Crippen molar-refractivity contribution in [2.24, 2.45) is 5.84 Å². The highest BCUT2D eigenvalue weighted by molar-refractivity contribution is 9.10. The molecule has 5 heteroatoms. The van der Waals surface area contributed by atoms with Gasteiger partial charge in [0.1, 0.15) is 5.82 Å². The Morgan fingerprint density at radius 1 is 1.38 bits per heavy atom. The number of nitrogens with one attached hydrogen (secondary N) is 1. The van der Waals surface area contributed by atoms with Crippen molar-refractivity contribution >= 4 is 15.9 Å². The molecule has 1 heterocycles. The molecular weight excluding hydrogens is 275 g/mol. The SMILES string of the molecule is NNC(c1ccoc1)c1ccc(F)cc1Br. The van der Waals surface area contributed by atoms with E-state index >= 15 is 0 Å². The van der Waals surface area contributed by atoms with E-state index in [-0.39, 0.29) is 11.9 Å². The van der Waals surface area contributed by atoms with Gasteiger partial charge in [-0.15, -0.1) is 0 Å². The van der Waals surface area contributed by atoms with E-state index in [1.54, 1.807) is 24.7 Å². The second-order valence-corrected chi connectivity index (χ2v) is 4.18. The van der Waals surface area contributed by atoms with Gasteiger partial charge in [-0.05, 0) is 23.8 Å². The summed E-state index contributed by atoms with van der Waals surface area (Å²) in [5.74, 6) is 5.20. The molecule has 0 aliphatic heterocycles. The Kier molecular flexibility index (Phi) is 3.38. The third-order valence-corrected chi connectivity index (χ3v) is 3.00. The van der Waals surface area contributed by atoms with Crippen LogP contribution in [0, 0.1) is 5.82 Å². The summed E-state index contributed by atoms with van der Waals surface area (Å²) in [6.07, 6.45) is 3.16. The minimum absolute atomic E-state index is 0.228. The van der Waals surface area contributed by atoms with Gasteiger partial charge in [0.25, 0.3) is 0 Å². The number of nitrogens with two attached hydrogens (primary N) is 1. The Labute approximate surface area is 101 Å². The van der Waals surface area contributed by atoms with Crippen LogP contribution in [-0.2, 0) is 0 Å². The van der Waals surface area contributed by atoms with Gasteiger partial charge >= 0.3 is 0 Å². The summed E-state index contributed by atoms with van der Waals surface area (Å²) in [6.45, 7) is 0. The van der Waals surface area contributed by atoms with Crippen LogP contribution in [0.3, 0.4) is 0 Å². The molecule has 0 saturated carbocycles. The first-order valence-electron chi connectivity index (χ1n) is 4.65. The molecule has 0 spiro atoms. The third kappa shape index (κ3) is 2.16. The first-order valence-corrected chi connectivity index (χ1v) is 5.45. The van der Waals surface area contributed by atoms with Gasteiger partial charge in [-0.1, -0.05) is 22.0 Å². The second kappa shape index (κ2) is 4.78. The predicted molar refractivity (Wildman–Crippen MR) is 62.0 cm³/mol. The summed E-state index contributed by atoms with van der Waals surface area (Å²) < 4.78 is 18.6. The standard InChI is InChI=1S/C11H10BrFN2O/c12-10-5-8(13)1-2-9(10)11(15-14)7-3-4-16-6-7/h1-6,11,15H,14H2. The highest BCUT2D eigenvalue weighted by Gasteiger charge is 2.16. The fourth-order valence-electron chi connectivity index (χ4n) is 1.54. The van der Waals surface area contributed by atoms with Crippen molar-refractivity contribution in [2.45, 2.75) is 6.04 Å². The zero-order valence-electron chi connectivity index (χ0n) is 8.28. The van der Waals surface area contributed by atoms with Gasteiger partial charge in [0, 0.05) is 10.0 Å². The molecule has 3 nitrogen and oxygen atoms in total. The van der Waals surface area contributed by atoms with Gasteiger partial charge in [0.2, 0.25) is 0 Å². The number of benzene rings is 1. The summed E-state index contributed by atoms with van der Waals surface area (Å²) in [5.41, 5.74) is 4.40. The van der Waals surface area contributed by atoms with E-state index < -0.39 is 0 Å². The number of hydrogen-bond acceptors (Lipinski definition) is 3. The monoisotopic (exact) mass is 284 g/mol. The van der Waals surface area contributed by atoms with E-state index in [0.29, 0.717) is 4.47 Å². The van der Waals surface area contributed by atoms with Gasteiger partial charge in [-0.3, -0.25) is 5.84 Å². The van der Waals surface area contributed by atoms with Crippen LogP contribution in [0.2, 0.25) is 0 Å². The summed E-state index contributed by atoms with van der Waals surface area (Å²) in [4.78, 5) is 0. The molecule has 1 aromatic heterocycles. The summed E-state index contributed by atoms with van der Waals surface area (Å²) in [5, 5.41) is 0. The van der Waals surface area contributed by atoms with E-state index in [1.807, 2.05) is 0 Å². The molecule has 3 N–H and O–H groups in total. The molecule has 2 aromatic rings. The molecule has 84 valence electrons. The van der Waals surface area contributed by atoms with Crippen LogP contribution in [0.15, 0.2) is 45.7 Å². The number of rotatable bonds is 3. The lowest BCUT2D eigenvalue weighted by Gasteiger charge is -2.16. The van der Waals surface area contributed by atoms with E-state index in [9.17, 15) is 4.39 Å². The van der Waals surface area contributed by atoms with Crippen molar-refractivity contribution in [3.8, 4) is 0 Å². The average Bonchev–Trinajstić information content (AvgIpc) is 2.75. The molecular formula is C11H10BrFN2O. The van der Waals surface area contributed by atoms with Crippen molar-refractivity contribution in [3.63, 3.8) is 0 Å². The molecule has 0 aliphatic carbocycles. The number of hydrogen-bond donors (Lipinski definition) is 2. The van der Waals surface area contributed by atoms with E-state index in [0.717, 1.165) is 11.1 Å². The smallest absolute Gasteiger partial charge is 0.124 e. The van der Waals surface area contributed by atoms with Crippen molar-refractivity contribution < 1.29 is 8.81 Å². The Hall–Kier alpha value is -1.17. The van der Waals surface area contributed by atoms with Crippen LogP contribution in [0.4, 0.5) is 4.39 Å². The lowest BCUT2D eigenvalue weighted by molar-refractivity contribution is 0.552. The predicted octanol–water partition coefficient (Wildman–Crippen LogP) is 2.73. The van der Waals surface area contributed by atoms with Gasteiger partial charge in [-0.25, -0.2) is 9.82 Å². The fraction of sp³-hybridized carbons (Fsp3) is 0.0909. The molecule has 0 aliphatic rings. The Bertz CT molecular complexity index is 473. The van der Waals surface area contributed by atoms with Gasteiger partial charge in [0.15, 0.2) is 0 Å². The summed E-state index contributed by atoms with van der Waals surface area (Å²) >= 11 is 3.31. The van der Waals surface area contributed by atoms with Crippen LogP contribution in [0.25, 0.3) is 0 Å². The lowest BCUT2D eigenvalue weighted by Crippen LogP contribution is -2.28. The molecule has 0 radical (unpaired) electrons. The maximum absolute atomic E-state index is 13.0. The molecule has 1 atom stereocenters. The third-order valence-electron chi connectivity index (χ3n) is 2.32. The van der Waals surface area contributed by atoms with Crippen LogP contribution >= 0.6 is 15.9 Å². The molecule has 2 rings (SSSR count). The van der Waals surface area contributed by atoms with E-state index in [1.165, 1.54) is 12.1 Å². The van der Waals surface area contributed by atoms with Gasteiger partial charge in [-0.2, -0.15) is 0 Å². The zero-order valence-corrected chi connectivity index (χ0v) is 9.87. The zero-order chi connectivity index (χ0) is 11.5. The van der Waals surface area contributed by atoms with Crippen LogP contribution in [0.5, 0.6) is 0 Å². The first kappa shape index (κ1) is 11.3. The number of hydrazine groups is 1. The van der Waals surface area contributed by atoms with Gasteiger partial charge < -0.3 is 4.42 Å². The fourth-order valence-corrected chi connectivity index (χ4v) is 2.12. The highest BCUT2D eigenvalue weighted by atomic mass is 79.9. The molecule has 1 unspecified atom stereocenters. The van der Waals surface area contributed by atoms with Crippen molar-refractivity contribution in [1.29, 1.82) is 0 Å². The van der Waals surface area contributed by atoms with Crippen molar-refractivity contribution in [2.75, 3.05) is 0 Å². The van der Waals surface area contributed by atoms with E-state index in [4.69, 9.17) is 10.3 Å². The summed E-state index contributed by atoms with van der Waals surface area (Å²) in [6, 6.07) is 6.05. The lowest BCUT2D eigenvalue weighted by atomic mass is 10.0. The Morgan fingerprint density at radius 3 is 2.75 bits per heavy atom. The normalized spacial score (nSPS) is 12.7. The number of furan rings is 1. The molecule has 16 heavy (non-hydrogen) atoms. The maximum Gasteiger partial charge on any atom is 0.124 e. The topological polar surface area (TPSA) is 51.2 Å². The molecule has 0 bridgehead atoms. The largest absolute Gasteiger partial charge is 0.472 e. The second-order valence-electron chi connectivity index (χ2n) is 3.32. The highest BCUT2D eigenvalue weighted by Crippen LogP contribution is 2.28. The van der Waals surface area contributed by atoms with Crippen LogP contribution < -0.4 is 11.3 Å². The van der Waals surface area contributed by atoms with Crippen molar-refractivity contribution in [3.05, 3.63) is 58.2 Å². The van der Waals surface area contributed by atoms with Crippen molar-refractivity contribution in [1.82, 2.24) is 5.43 Å². The van der Waals surface area contributed by atoms with Crippen LogP contribution in [0.1, 0.15) is 17.2 Å². The average molecular weight is 285 g/mol. The Balaban J connectivity index is 2.41. The maximum atomic E-state index is 13.0. The van der Waals surface area contributed by atoms with Crippen LogP contribution in [-0.4, -0.2) is 0 Å². The van der Waals surface area contributed by atoms with E-state index in [2.05, 4.69) is 21.4 Å². The van der Waals surface area contributed by atoms with Gasteiger partial charge in [0.05, 0.1) is 18.6 Å². The minimum atomic E-state index is -0.293. The summed E-state index contributed by atoms with van der Waals surface area (Å²) in [7, 11) is 0. The molecule has 0 amide bonds. The molecule has 0 fully saturated rings. The quantitative estimate of drug-likeness (QED) is 0.673. The minimum Gasteiger partial charge on any atom is -0.472 e. The molecule has 0 saturated heterocycles. The first-order chi connectivity index (χ1) is 7.72. The Morgan fingerprint density at radius 2 is 2.19 bits per heavy atom. The molecule has 1 aromatic carbocycles. The number of halogens is 2.